The SMILES string of the molecule is COC(C)(C)NC1=C(CC(OCC(Cl)(Cl)Cl)OCC(Cl)(Cl)Cl)C(C)CC1. The molecule has 0 saturated carbocycles. The van der Waals surface area contributed by atoms with Gasteiger partial charge >= 0.3 is 0 Å². The van der Waals surface area contributed by atoms with Crippen LogP contribution in [0.25, 0.3) is 0 Å². The number of hydrogen-bond acceptors (Lipinski definition) is 4. The molecule has 26 heavy (non-hydrogen) atoms. The zero-order valence-corrected chi connectivity index (χ0v) is 19.7. The number of halogens is 6. The monoisotopic (exact) mass is 489 g/mol. The van der Waals surface area contributed by atoms with Crippen LogP contribution in [0.2, 0.25) is 0 Å². The fourth-order valence-electron chi connectivity index (χ4n) is 2.60. The Labute approximate surface area is 185 Å². The van der Waals surface area contributed by atoms with Crippen molar-refractivity contribution in [2.45, 2.75) is 59.6 Å². The standard InChI is InChI=1S/C16H25Cl6NO3/c1-10-5-6-12(23-14(2,3)24-4)11(10)7-13(25-8-15(17,18)19)26-9-16(20,21)22/h10,13,23H,5-9H2,1-4H3. The van der Waals surface area contributed by atoms with Crippen LogP contribution in [0, 0.1) is 5.92 Å². The summed E-state index contributed by atoms with van der Waals surface area (Å²) in [6, 6.07) is 0. The van der Waals surface area contributed by atoms with E-state index >= 15 is 0 Å². The lowest BCUT2D eigenvalue weighted by Gasteiger charge is -2.29. The first-order chi connectivity index (χ1) is 11.7. The van der Waals surface area contributed by atoms with Crippen LogP contribution in [0.3, 0.4) is 0 Å². The molecule has 1 unspecified atom stereocenters. The van der Waals surface area contributed by atoms with Gasteiger partial charge in [0, 0.05) is 19.2 Å². The van der Waals surface area contributed by atoms with Crippen molar-refractivity contribution in [2.75, 3.05) is 20.3 Å². The fraction of sp³-hybridized carbons (Fsp3) is 0.875. The molecule has 0 fully saturated rings. The highest BCUT2D eigenvalue weighted by Gasteiger charge is 2.31. The number of rotatable bonds is 9. The Hall–Kier alpha value is 1.16. The van der Waals surface area contributed by atoms with Crippen molar-refractivity contribution in [3.63, 3.8) is 0 Å². The van der Waals surface area contributed by atoms with Gasteiger partial charge in [0.15, 0.2) is 6.29 Å². The molecule has 0 bridgehead atoms. The third kappa shape index (κ3) is 10.1. The number of alkyl halides is 6. The third-order valence-corrected chi connectivity index (χ3v) is 4.68. The van der Waals surface area contributed by atoms with Crippen molar-refractivity contribution >= 4 is 69.6 Å². The van der Waals surface area contributed by atoms with Gasteiger partial charge in [-0.25, -0.2) is 0 Å². The van der Waals surface area contributed by atoms with Crippen molar-refractivity contribution < 1.29 is 14.2 Å². The van der Waals surface area contributed by atoms with Crippen molar-refractivity contribution in [3.05, 3.63) is 11.3 Å². The van der Waals surface area contributed by atoms with E-state index < -0.39 is 19.6 Å². The summed E-state index contributed by atoms with van der Waals surface area (Å²) in [4.78, 5) is 0. The zero-order chi connectivity index (χ0) is 20.2. The zero-order valence-electron chi connectivity index (χ0n) is 15.2. The molecule has 1 aliphatic rings. The van der Waals surface area contributed by atoms with Crippen molar-refractivity contribution in [1.29, 1.82) is 0 Å². The van der Waals surface area contributed by atoms with Crippen molar-refractivity contribution in [2.24, 2.45) is 5.92 Å². The molecule has 4 nitrogen and oxygen atoms in total. The molecule has 1 rings (SSSR count). The summed E-state index contributed by atoms with van der Waals surface area (Å²) >= 11 is 34.7. The molecular formula is C16H25Cl6NO3. The third-order valence-electron chi connectivity index (χ3n) is 4.02. The summed E-state index contributed by atoms with van der Waals surface area (Å²) in [6.07, 6.45) is 1.67. The Morgan fingerprint density at radius 3 is 1.96 bits per heavy atom. The summed E-state index contributed by atoms with van der Waals surface area (Å²) in [6.45, 7) is 5.77. The maximum Gasteiger partial charge on any atom is 0.213 e. The topological polar surface area (TPSA) is 39.7 Å². The Kier molecular flexibility index (Phi) is 9.95. The summed E-state index contributed by atoms with van der Waals surface area (Å²) in [7, 11) is 1.66. The second-order valence-electron chi connectivity index (χ2n) is 6.77. The molecular weight excluding hydrogens is 467 g/mol. The van der Waals surface area contributed by atoms with Gasteiger partial charge in [0.25, 0.3) is 0 Å². The molecule has 0 radical (unpaired) electrons. The van der Waals surface area contributed by atoms with Gasteiger partial charge in [0.1, 0.15) is 5.72 Å². The smallest absolute Gasteiger partial charge is 0.213 e. The highest BCUT2D eigenvalue weighted by molar-refractivity contribution is 6.68. The highest BCUT2D eigenvalue weighted by Crippen LogP contribution is 2.36. The molecule has 0 heterocycles. The Morgan fingerprint density at radius 2 is 1.54 bits per heavy atom. The first-order valence-electron chi connectivity index (χ1n) is 8.14. The van der Waals surface area contributed by atoms with E-state index in [4.69, 9.17) is 83.8 Å². The summed E-state index contributed by atoms with van der Waals surface area (Å²) in [5.74, 6) is 0.348. The van der Waals surface area contributed by atoms with Crippen LogP contribution in [-0.2, 0) is 14.2 Å². The summed E-state index contributed by atoms with van der Waals surface area (Å²) in [5.41, 5.74) is 1.77. The normalized spacial score (nSPS) is 19.6. The van der Waals surface area contributed by atoms with Crippen LogP contribution < -0.4 is 5.32 Å². The van der Waals surface area contributed by atoms with Crippen LogP contribution in [0.5, 0.6) is 0 Å². The largest absolute Gasteiger partial charge is 0.361 e. The molecule has 0 aromatic rings. The lowest BCUT2D eigenvalue weighted by atomic mass is 10.0. The Morgan fingerprint density at radius 1 is 1.04 bits per heavy atom. The van der Waals surface area contributed by atoms with Crippen LogP contribution in [0.4, 0.5) is 0 Å². The van der Waals surface area contributed by atoms with Gasteiger partial charge in [-0.1, -0.05) is 76.5 Å². The number of allylic oxidation sites excluding steroid dienone is 1. The fourth-order valence-corrected chi connectivity index (χ4v) is 2.97. The number of methoxy groups -OCH3 is 1. The van der Waals surface area contributed by atoms with Crippen LogP contribution in [0.1, 0.15) is 40.0 Å². The first kappa shape index (κ1) is 25.2. The van der Waals surface area contributed by atoms with Gasteiger partial charge in [-0.05, 0) is 38.2 Å². The molecule has 0 saturated heterocycles. The molecule has 0 amide bonds. The second kappa shape index (κ2) is 10.3. The minimum absolute atomic E-state index is 0.143. The quantitative estimate of drug-likeness (QED) is 0.311. The number of ether oxygens (including phenoxy) is 3. The molecule has 0 aliphatic heterocycles. The molecule has 154 valence electrons. The van der Waals surface area contributed by atoms with E-state index in [1.165, 1.54) is 0 Å². The predicted molar refractivity (Wildman–Crippen MR) is 111 cm³/mol. The van der Waals surface area contributed by atoms with Gasteiger partial charge in [0.2, 0.25) is 7.59 Å². The average Bonchev–Trinajstić information content (AvgIpc) is 2.80. The predicted octanol–water partition coefficient (Wildman–Crippen LogP) is 6.13. The molecule has 1 atom stereocenters. The van der Waals surface area contributed by atoms with Gasteiger partial charge < -0.3 is 19.5 Å². The van der Waals surface area contributed by atoms with Crippen LogP contribution in [-0.4, -0.2) is 39.9 Å². The summed E-state index contributed by atoms with van der Waals surface area (Å²) in [5, 5.41) is 3.43. The van der Waals surface area contributed by atoms with E-state index in [2.05, 4.69) is 12.2 Å². The molecule has 0 aromatic heterocycles. The average molecular weight is 492 g/mol. The number of hydrogen-bond donors (Lipinski definition) is 1. The minimum Gasteiger partial charge on any atom is -0.361 e. The summed E-state index contributed by atoms with van der Waals surface area (Å²) < 4.78 is 13.6. The lowest BCUT2D eigenvalue weighted by Crippen LogP contribution is -2.40. The van der Waals surface area contributed by atoms with Crippen molar-refractivity contribution in [3.8, 4) is 0 Å². The maximum absolute atomic E-state index is 5.78. The molecule has 0 spiro atoms. The van der Waals surface area contributed by atoms with E-state index in [0.717, 1.165) is 24.1 Å². The van der Waals surface area contributed by atoms with Crippen LogP contribution in [0.15, 0.2) is 11.3 Å². The van der Waals surface area contributed by atoms with E-state index in [9.17, 15) is 0 Å². The van der Waals surface area contributed by atoms with Gasteiger partial charge in [0.05, 0.1) is 13.2 Å². The number of nitrogens with one attached hydrogen (secondary N) is 1. The van der Waals surface area contributed by atoms with Crippen LogP contribution >= 0.6 is 69.6 Å². The first-order valence-corrected chi connectivity index (χ1v) is 10.4. The minimum atomic E-state index is -1.56. The maximum atomic E-state index is 5.78. The second-order valence-corrected chi connectivity index (χ2v) is 11.8. The Balaban J connectivity index is 2.90. The molecule has 10 heteroatoms. The molecule has 1 N–H and O–H groups in total. The van der Waals surface area contributed by atoms with E-state index in [-0.39, 0.29) is 13.2 Å². The molecule has 0 aromatic carbocycles. The van der Waals surface area contributed by atoms with E-state index in [0.29, 0.717) is 12.3 Å². The van der Waals surface area contributed by atoms with Gasteiger partial charge in [-0.2, -0.15) is 0 Å². The van der Waals surface area contributed by atoms with Gasteiger partial charge in [-0.3, -0.25) is 0 Å². The lowest BCUT2D eigenvalue weighted by molar-refractivity contribution is -0.139. The van der Waals surface area contributed by atoms with E-state index in [1.807, 2.05) is 13.8 Å². The van der Waals surface area contributed by atoms with Crippen molar-refractivity contribution in [1.82, 2.24) is 5.32 Å². The van der Waals surface area contributed by atoms with Gasteiger partial charge in [-0.15, -0.1) is 0 Å². The molecule has 1 aliphatic carbocycles. The highest BCUT2D eigenvalue weighted by atomic mass is 35.6. The Bertz CT molecular complexity index is 469. The van der Waals surface area contributed by atoms with E-state index in [1.54, 1.807) is 7.11 Å².